The number of hydrogen-bond acceptors (Lipinski definition) is 5. The zero-order chi connectivity index (χ0) is 26.5. The van der Waals surface area contributed by atoms with Gasteiger partial charge in [0.1, 0.15) is 10.5 Å². The molecule has 0 aliphatic heterocycles. The van der Waals surface area contributed by atoms with Crippen LogP contribution >= 0.6 is 0 Å². The molecule has 0 bridgehead atoms. The standard InChI is InChI=1S/C28H25FN4O3S/c1-4-5-6-18-11-23-25(12-22(18)19-10-20(15-31-14-19)37(29,35)36)33(16(2)3)28-26(27(23)34)21-8-7-17(13-30)9-24(21)32-28/h7-12,14-16,32H,4-6H2,1-3H3. The van der Waals surface area contributed by atoms with Gasteiger partial charge < -0.3 is 9.55 Å². The van der Waals surface area contributed by atoms with E-state index < -0.39 is 15.1 Å². The van der Waals surface area contributed by atoms with Crippen LogP contribution in [0.1, 0.15) is 50.8 Å². The Bertz CT molecular complexity index is 1910. The fraction of sp³-hybridized carbons (Fsp3) is 0.250. The second kappa shape index (κ2) is 9.12. The van der Waals surface area contributed by atoms with E-state index in [2.05, 4.69) is 23.0 Å². The predicted octanol–water partition coefficient (Wildman–Crippen LogP) is 6.15. The normalized spacial score (nSPS) is 12.1. The Kier molecular flexibility index (Phi) is 6.08. The van der Waals surface area contributed by atoms with E-state index in [-0.39, 0.29) is 11.5 Å². The molecule has 0 atom stereocenters. The van der Waals surface area contributed by atoms with E-state index in [9.17, 15) is 22.4 Å². The van der Waals surface area contributed by atoms with Gasteiger partial charge in [-0.25, -0.2) is 0 Å². The average molecular weight is 517 g/mol. The van der Waals surface area contributed by atoms with Crippen LogP contribution in [-0.2, 0) is 16.6 Å². The van der Waals surface area contributed by atoms with Crippen molar-refractivity contribution in [3.63, 3.8) is 0 Å². The Balaban J connectivity index is 1.92. The number of rotatable bonds is 6. The minimum atomic E-state index is -4.93. The molecule has 0 aliphatic rings. The number of aryl methyl sites for hydroxylation is 1. The first-order valence-electron chi connectivity index (χ1n) is 12.1. The Morgan fingerprint density at radius 3 is 2.59 bits per heavy atom. The average Bonchev–Trinajstić information content (AvgIpc) is 3.25. The van der Waals surface area contributed by atoms with Gasteiger partial charge in [0.2, 0.25) is 0 Å². The maximum absolute atomic E-state index is 13.9. The van der Waals surface area contributed by atoms with E-state index in [1.807, 2.05) is 30.5 Å². The highest BCUT2D eigenvalue weighted by molar-refractivity contribution is 7.86. The molecule has 0 aliphatic carbocycles. The van der Waals surface area contributed by atoms with Gasteiger partial charge in [-0.1, -0.05) is 19.4 Å². The van der Waals surface area contributed by atoms with Crippen molar-refractivity contribution >= 4 is 43.1 Å². The smallest absolute Gasteiger partial charge is 0.333 e. The molecule has 0 spiro atoms. The summed E-state index contributed by atoms with van der Waals surface area (Å²) >= 11 is 0. The van der Waals surface area contributed by atoms with Crippen LogP contribution in [0.25, 0.3) is 44.0 Å². The van der Waals surface area contributed by atoms with Crippen molar-refractivity contribution in [1.82, 2.24) is 14.5 Å². The second-order valence-electron chi connectivity index (χ2n) is 9.49. The molecule has 0 fully saturated rings. The number of H-pyrrole nitrogens is 1. The first-order valence-corrected chi connectivity index (χ1v) is 13.5. The Hall–Kier alpha value is -4.03. The van der Waals surface area contributed by atoms with Gasteiger partial charge in [0, 0.05) is 40.3 Å². The van der Waals surface area contributed by atoms with Gasteiger partial charge in [-0.15, -0.1) is 3.89 Å². The van der Waals surface area contributed by atoms with Gasteiger partial charge in [0.25, 0.3) is 0 Å². The van der Waals surface area contributed by atoms with Crippen LogP contribution in [0.4, 0.5) is 3.89 Å². The van der Waals surface area contributed by atoms with Crippen molar-refractivity contribution in [3.8, 4) is 17.2 Å². The van der Waals surface area contributed by atoms with E-state index in [1.54, 1.807) is 18.2 Å². The number of pyridine rings is 2. The second-order valence-corrected chi connectivity index (χ2v) is 10.8. The Morgan fingerprint density at radius 1 is 1.14 bits per heavy atom. The van der Waals surface area contributed by atoms with E-state index in [4.69, 9.17) is 0 Å². The molecule has 7 nitrogen and oxygen atoms in total. The number of nitrogens with zero attached hydrogens (tertiary/aromatic N) is 3. The monoisotopic (exact) mass is 516 g/mol. The fourth-order valence-corrected chi connectivity index (χ4v) is 5.47. The zero-order valence-electron chi connectivity index (χ0n) is 20.7. The summed E-state index contributed by atoms with van der Waals surface area (Å²) in [5.74, 6) is 0. The number of nitrogens with one attached hydrogen (secondary N) is 1. The molecule has 3 heterocycles. The number of fused-ring (bicyclic) bond motifs is 4. The van der Waals surface area contributed by atoms with Crippen LogP contribution in [0.15, 0.2) is 58.5 Å². The zero-order valence-corrected chi connectivity index (χ0v) is 21.5. The predicted molar refractivity (Wildman–Crippen MR) is 143 cm³/mol. The summed E-state index contributed by atoms with van der Waals surface area (Å²) in [5.41, 5.74) is 4.41. The van der Waals surface area contributed by atoms with Crippen LogP contribution in [0.5, 0.6) is 0 Å². The summed E-state index contributed by atoms with van der Waals surface area (Å²) in [7, 11) is -4.93. The van der Waals surface area contributed by atoms with Crippen LogP contribution in [-0.4, -0.2) is 23.0 Å². The maximum Gasteiger partial charge on any atom is 0.333 e. The third-order valence-corrected chi connectivity index (χ3v) is 7.51. The van der Waals surface area contributed by atoms with Gasteiger partial charge in [-0.05, 0) is 68.1 Å². The van der Waals surface area contributed by atoms with Crippen molar-refractivity contribution in [2.24, 2.45) is 0 Å². The van der Waals surface area contributed by atoms with E-state index in [0.717, 1.165) is 30.0 Å². The molecule has 0 amide bonds. The van der Waals surface area contributed by atoms with E-state index in [0.29, 0.717) is 50.6 Å². The molecule has 0 saturated carbocycles. The van der Waals surface area contributed by atoms with Crippen LogP contribution in [0, 0.1) is 11.3 Å². The van der Waals surface area contributed by atoms with Crippen LogP contribution < -0.4 is 5.43 Å². The largest absolute Gasteiger partial charge is 0.340 e. The first-order chi connectivity index (χ1) is 17.6. The fourth-order valence-electron chi connectivity index (χ4n) is 5.01. The molecule has 9 heteroatoms. The minimum Gasteiger partial charge on any atom is -0.340 e. The van der Waals surface area contributed by atoms with Crippen molar-refractivity contribution < 1.29 is 12.3 Å². The van der Waals surface area contributed by atoms with Crippen LogP contribution in [0.3, 0.4) is 0 Å². The summed E-state index contributed by atoms with van der Waals surface area (Å²) < 4.78 is 39.0. The molecule has 1 N–H and O–H groups in total. The highest BCUT2D eigenvalue weighted by Gasteiger charge is 2.21. The number of benzene rings is 2. The maximum atomic E-state index is 13.9. The quantitative estimate of drug-likeness (QED) is 0.272. The number of nitriles is 1. The van der Waals surface area contributed by atoms with E-state index >= 15 is 0 Å². The topological polar surface area (TPSA) is 109 Å². The lowest BCUT2D eigenvalue weighted by Crippen LogP contribution is -2.13. The third-order valence-electron chi connectivity index (χ3n) is 6.72. The first kappa shape index (κ1) is 24.7. The third kappa shape index (κ3) is 4.17. The minimum absolute atomic E-state index is 0.0425. The summed E-state index contributed by atoms with van der Waals surface area (Å²) in [5, 5.41) is 11.2. The lowest BCUT2D eigenvalue weighted by atomic mass is 9.94. The SMILES string of the molecule is CCCCc1cc2c(=O)c3c4ccc(C#N)cc4[nH]c3n(C(C)C)c2cc1-c1cncc(S(=O)(=O)F)c1. The molecule has 5 aromatic rings. The van der Waals surface area contributed by atoms with Gasteiger partial charge in [0.05, 0.1) is 22.5 Å². The summed E-state index contributed by atoms with van der Waals surface area (Å²) in [6, 6.07) is 12.4. The highest BCUT2D eigenvalue weighted by Crippen LogP contribution is 2.34. The molecule has 3 aromatic heterocycles. The number of unbranched alkanes of at least 4 members (excludes halogenated alkanes) is 1. The Morgan fingerprint density at radius 2 is 1.92 bits per heavy atom. The van der Waals surface area contributed by atoms with Gasteiger partial charge >= 0.3 is 10.2 Å². The van der Waals surface area contributed by atoms with E-state index in [1.165, 1.54) is 12.3 Å². The van der Waals surface area contributed by atoms with Gasteiger partial charge in [-0.3, -0.25) is 9.78 Å². The van der Waals surface area contributed by atoms with Gasteiger partial charge in [0.15, 0.2) is 5.43 Å². The molecule has 2 aromatic carbocycles. The van der Waals surface area contributed by atoms with Crippen molar-refractivity contribution in [2.75, 3.05) is 0 Å². The van der Waals surface area contributed by atoms with Crippen molar-refractivity contribution in [2.45, 2.75) is 51.0 Å². The summed E-state index contributed by atoms with van der Waals surface area (Å²) in [6.07, 6.45) is 4.94. The number of hydrogen-bond donors (Lipinski definition) is 1. The number of aromatic nitrogens is 3. The molecule has 0 radical (unpaired) electrons. The van der Waals surface area contributed by atoms with Crippen molar-refractivity contribution in [1.29, 1.82) is 5.26 Å². The molecule has 188 valence electrons. The highest BCUT2D eigenvalue weighted by atomic mass is 32.3. The lowest BCUT2D eigenvalue weighted by molar-refractivity contribution is 0.551. The lowest BCUT2D eigenvalue weighted by Gasteiger charge is -2.19. The Labute approximate surface area is 213 Å². The molecule has 37 heavy (non-hydrogen) atoms. The molecular formula is C28H25FN4O3S. The summed E-state index contributed by atoms with van der Waals surface area (Å²) in [6.45, 7) is 6.09. The number of aromatic amines is 1. The molecule has 5 rings (SSSR count). The molecule has 0 saturated heterocycles. The summed E-state index contributed by atoms with van der Waals surface area (Å²) in [4.78, 5) is 20.7. The van der Waals surface area contributed by atoms with Crippen molar-refractivity contribution in [3.05, 3.63) is 70.1 Å². The van der Waals surface area contributed by atoms with Crippen LogP contribution in [0.2, 0.25) is 0 Å². The van der Waals surface area contributed by atoms with Gasteiger partial charge in [-0.2, -0.15) is 13.7 Å². The molecular weight excluding hydrogens is 491 g/mol. The molecule has 0 unspecified atom stereocenters. The number of halogens is 1.